The molecule has 144 valence electrons. The van der Waals surface area contributed by atoms with Crippen LogP contribution in [-0.2, 0) is 11.4 Å². The standard InChI is InChI=1S/C20H18ClN3O3S/c1-26-16-8-12(14-9-17(25)23-19-18(14)28-20(22)24-19)4-7-15(16)27-10-11-2-5-13(21)6-3-11/h2-8,14H,9-10H2,1H3,(H2,22,24)(H,23,25). The minimum Gasteiger partial charge on any atom is -0.493 e. The Labute approximate surface area is 171 Å². The smallest absolute Gasteiger partial charge is 0.226 e. The Kier molecular flexibility index (Phi) is 5.11. The Morgan fingerprint density at radius 3 is 2.79 bits per heavy atom. The van der Waals surface area contributed by atoms with Crippen molar-refractivity contribution in [3.63, 3.8) is 0 Å². The van der Waals surface area contributed by atoms with Gasteiger partial charge in [-0.3, -0.25) is 4.79 Å². The van der Waals surface area contributed by atoms with Crippen LogP contribution >= 0.6 is 22.9 Å². The van der Waals surface area contributed by atoms with E-state index in [9.17, 15) is 4.79 Å². The molecule has 28 heavy (non-hydrogen) atoms. The highest BCUT2D eigenvalue weighted by atomic mass is 35.5. The first kappa shape index (κ1) is 18.6. The number of thiazole rings is 1. The van der Waals surface area contributed by atoms with E-state index in [0.717, 1.165) is 16.0 Å². The zero-order valence-electron chi connectivity index (χ0n) is 15.1. The Balaban J connectivity index is 1.58. The molecule has 2 heterocycles. The molecule has 1 unspecified atom stereocenters. The Morgan fingerprint density at radius 2 is 2.04 bits per heavy atom. The normalized spacial score (nSPS) is 15.6. The number of rotatable bonds is 5. The topological polar surface area (TPSA) is 86.5 Å². The van der Waals surface area contributed by atoms with E-state index in [1.165, 1.54) is 11.3 Å². The van der Waals surface area contributed by atoms with Crippen molar-refractivity contribution in [1.29, 1.82) is 0 Å². The molecule has 4 rings (SSSR count). The van der Waals surface area contributed by atoms with Crippen LogP contribution in [0.5, 0.6) is 11.5 Å². The fourth-order valence-electron chi connectivity index (χ4n) is 3.17. The maximum absolute atomic E-state index is 12.1. The molecule has 3 aromatic rings. The first-order valence-corrected chi connectivity index (χ1v) is 9.84. The highest BCUT2D eigenvalue weighted by molar-refractivity contribution is 7.16. The van der Waals surface area contributed by atoms with E-state index in [2.05, 4.69) is 10.3 Å². The zero-order valence-corrected chi connectivity index (χ0v) is 16.6. The number of nitrogens with zero attached hydrogens (tertiary/aromatic N) is 1. The molecular formula is C20H18ClN3O3S. The number of methoxy groups -OCH3 is 1. The van der Waals surface area contributed by atoms with Crippen LogP contribution in [0.2, 0.25) is 5.02 Å². The van der Waals surface area contributed by atoms with E-state index in [4.69, 9.17) is 26.8 Å². The number of fused-ring (bicyclic) bond motifs is 1. The van der Waals surface area contributed by atoms with Crippen LogP contribution < -0.4 is 20.5 Å². The van der Waals surface area contributed by atoms with Crippen LogP contribution in [0.3, 0.4) is 0 Å². The van der Waals surface area contributed by atoms with Crippen molar-refractivity contribution in [2.45, 2.75) is 18.9 Å². The lowest BCUT2D eigenvalue weighted by Crippen LogP contribution is -2.22. The quantitative estimate of drug-likeness (QED) is 0.643. The number of halogens is 1. The van der Waals surface area contributed by atoms with E-state index in [1.807, 2.05) is 42.5 Å². The minimum atomic E-state index is -0.113. The average molecular weight is 416 g/mol. The third kappa shape index (κ3) is 3.76. The van der Waals surface area contributed by atoms with Crippen molar-refractivity contribution >= 4 is 39.8 Å². The summed E-state index contributed by atoms with van der Waals surface area (Å²) < 4.78 is 11.4. The van der Waals surface area contributed by atoms with Crippen LogP contribution in [0.25, 0.3) is 0 Å². The maximum Gasteiger partial charge on any atom is 0.226 e. The summed E-state index contributed by atoms with van der Waals surface area (Å²) in [6.07, 6.45) is 0.336. The van der Waals surface area contributed by atoms with E-state index < -0.39 is 0 Å². The third-order valence-corrected chi connectivity index (χ3v) is 5.78. The summed E-state index contributed by atoms with van der Waals surface area (Å²) >= 11 is 7.31. The van der Waals surface area contributed by atoms with Gasteiger partial charge in [-0.2, -0.15) is 0 Å². The van der Waals surface area contributed by atoms with Crippen molar-refractivity contribution < 1.29 is 14.3 Å². The lowest BCUT2D eigenvalue weighted by Gasteiger charge is -2.22. The van der Waals surface area contributed by atoms with Crippen LogP contribution in [0.15, 0.2) is 42.5 Å². The summed E-state index contributed by atoms with van der Waals surface area (Å²) in [6.45, 7) is 0.397. The molecule has 6 nitrogen and oxygen atoms in total. The largest absolute Gasteiger partial charge is 0.493 e. The van der Waals surface area contributed by atoms with Crippen molar-refractivity contribution in [3.05, 3.63) is 63.5 Å². The van der Waals surface area contributed by atoms with Crippen LogP contribution in [-0.4, -0.2) is 18.0 Å². The number of amides is 1. The highest BCUT2D eigenvalue weighted by Gasteiger charge is 2.30. The third-order valence-electron chi connectivity index (χ3n) is 4.53. The van der Waals surface area contributed by atoms with Gasteiger partial charge in [0.2, 0.25) is 5.91 Å². The number of carbonyl (C=O) groups is 1. The number of nitrogens with one attached hydrogen (secondary N) is 1. The Bertz CT molecular complexity index is 1020. The van der Waals surface area contributed by atoms with Gasteiger partial charge in [0, 0.05) is 17.4 Å². The van der Waals surface area contributed by atoms with Gasteiger partial charge in [0.15, 0.2) is 16.6 Å². The molecule has 0 fully saturated rings. The monoisotopic (exact) mass is 415 g/mol. The number of benzene rings is 2. The van der Waals surface area contributed by atoms with Gasteiger partial charge in [-0.15, -0.1) is 0 Å². The van der Waals surface area contributed by atoms with E-state index >= 15 is 0 Å². The van der Waals surface area contributed by atoms with Crippen molar-refractivity contribution in [2.24, 2.45) is 0 Å². The van der Waals surface area contributed by atoms with Crippen molar-refractivity contribution in [1.82, 2.24) is 4.98 Å². The van der Waals surface area contributed by atoms with E-state index in [1.54, 1.807) is 7.11 Å². The first-order valence-electron chi connectivity index (χ1n) is 8.64. The molecule has 0 saturated carbocycles. The van der Waals surface area contributed by atoms with Gasteiger partial charge >= 0.3 is 0 Å². The predicted octanol–water partition coefficient (Wildman–Crippen LogP) is 4.44. The number of nitrogens with two attached hydrogens (primary N) is 1. The Hall–Kier alpha value is -2.77. The first-order chi connectivity index (χ1) is 13.5. The number of carbonyl (C=O) groups excluding carboxylic acids is 1. The van der Waals surface area contributed by atoms with E-state index in [-0.39, 0.29) is 11.8 Å². The molecule has 0 aliphatic carbocycles. The summed E-state index contributed by atoms with van der Waals surface area (Å²) in [5, 5.41) is 3.90. The second-order valence-electron chi connectivity index (χ2n) is 6.40. The number of ether oxygens (including phenoxy) is 2. The summed E-state index contributed by atoms with van der Waals surface area (Å²) in [7, 11) is 1.60. The average Bonchev–Trinajstić information content (AvgIpc) is 3.06. The summed E-state index contributed by atoms with van der Waals surface area (Å²) in [5.74, 6) is 1.59. The van der Waals surface area contributed by atoms with Gasteiger partial charge < -0.3 is 20.5 Å². The van der Waals surface area contributed by atoms with Gasteiger partial charge in [-0.05, 0) is 35.4 Å². The highest BCUT2D eigenvalue weighted by Crippen LogP contribution is 2.43. The van der Waals surface area contributed by atoms with Crippen LogP contribution in [0.1, 0.15) is 28.3 Å². The Morgan fingerprint density at radius 1 is 1.25 bits per heavy atom. The molecule has 1 aromatic heterocycles. The second-order valence-corrected chi connectivity index (χ2v) is 7.89. The molecular weight excluding hydrogens is 398 g/mol. The molecule has 1 amide bonds. The molecule has 0 spiro atoms. The lowest BCUT2D eigenvalue weighted by atomic mass is 9.91. The maximum atomic E-state index is 12.1. The van der Waals surface area contributed by atoms with Crippen molar-refractivity contribution in [2.75, 3.05) is 18.2 Å². The number of anilines is 2. The number of nitrogen functional groups attached to an aromatic ring is 1. The molecule has 2 aromatic carbocycles. The number of hydrogen-bond acceptors (Lipinski definition) is 6. The molecule has 1 aliphatic heterocycles. The molecule has 8 heteroatoms. The lowest BCUT2D eigenvalue weighted by molar-refractivity contribution is -0.116. The summed E-state index contributed by atoms with van der Waals surface area (Å²) in [4.78, 5) is 17.2. The van der Waals surface area contributed by atoms with E-state index in [0.29, 0.717) is 40.5 Å². The van der Waals surface area contributed by atoms with Gasteiger partial charge in [0.25, 0.3) is 0 Å². The molecule has 1 aliphatic rings. The number of hydrogen-bond donors (Lipinski definition) is 2. The zero-order chi connectivity index (χ0) is 19.7. The van der Waals surface area contributed by atoms with Gasteiger partial charge in [-0.25, -0.2) is 4.98 Å². The van der Waals surface area contributed by atoms with Crippen LogP contribution in [0, 0.1) is 0 Å². The molecule has 1 atom stereocenters. The fourth-order valence-corrected chi connectivity index (χ4v) is 4.21. The molecule has 0 saturated heterocycles. The van der Waals surface area contributed by atoms with Gasteiger partial charge in [-0.1, -0.05) is 41.1 Å². The molecule has 0 bridgehead atoms. The minimum absolute atomic E-state index is 0.0789. The molecule has 0 radical (unpaired) electrons. The fraction of sp³-hybridized carbons (Fsp3) is 0.200. The molecule has 3 N–H and O–H groups in total. The second kappa shape index (κ2) is 7.69. The summed E-state index contributed by atoms with van der Waals surface area (Å²) in [6, 6.07) is 13.2. The van der Waals surface area contributed by atoms with Gasteiger partial charge in [0.1, 0.15) is 12.4 Å². The summed E-state index contributed by atoms with van der Waals surface area (Å²) in [5.41, 5.74) is 7.79. The van der Waals surface area contributed by atoms with Crippen LogP contribution in [0.4, 0.5) is 10.9 Å². The SMILES string of the molecule is COc1cc(C2CC(=O)Nc3nc(N)sc32)ccc1OCc1ccc(Cl)cc1. The van der Waals surface area contributed by atoms with Crippen molar-refractivity contribution in [3.8, 4) is 11.5 Å². The predicted molar refractivity (Wildman–Crippen MR) is 110 cm³/mol. The van der Waals surface area contributed by atoms with Gasteiger partial charge in [0.05, 0.1) is 12.0 Å². The number of aromatic nitrogens is 1.